The molecule has 2 aromatic rings. The first-order valence-corrected chi connectivity index (χ1v) is 6.40. The van der Waals surface area contributed by atoms with Gasteiger partial charge in [-0.3, -0.25) is 0 Å². The molecule has 0 aliphatic heterocycles. The maximum absolute atomic E-state index is 10.7. The van der Waals surface area contributed by atoms with Crippen LogP contribution in [0.5, 0.6) is 11.5 Å². The summed E-state index contributed by atoms with van der Waals surface area (Å²) in [6.45, 7) is 1.87. The molecule has 21 heavy (non-hydrogen) atoms. The van der Waals surface area contributed by atoms with Gasteiger partial charge in [0.1, 0.15) is 11.5 Å². The molecule has 0 fully saturated rings. The van der Waals surface area contributed by atoms with E-state index in [9.17, 15) is 15.0 Å². The number of hydrogen-bond acceptors (Lipinski definition) is 4. The molecule has 110 valence electrons. The van der Waals surface area contributed by atoms with E-state index in [1.165, 1.54) is 18.2 Å². The maximum Gasteiger partial charge on any atom is 0.316 e. The van der Waals surface area contributed by atoms with E-state index in [1.54, 1.807) is 24.3 Å². The Bertz CT molecular complexity index is 641. The minimum absolute atomic E-state index is 0.0949. The van der Waals surface area contributed by atoms with E-state index >= 15 is 0 Å². The third-order valence-electron chi connectivity index (χ3n) is 3.01. The molecule has 2 amide bonds. The number of benzene rings is 2. The number of aromatic hydroxyl groups is 2. The van der Waals surface area contributed by atoms with Crippen LogP contribution in [0.25, 0.3) is 0 Å². The van der Waals surface area contributed by atoms with Gasteiger partial charge >= 0.3 is 6.03 Å². The number of phenolic OH excluding ortho intramolecular Hbond substituents is 2. The lowest BCUT2D eigenvalue weighted by Crippen LogP contribution is -2.19. The van der Waals surface area contributed by atoms with Gasteiger partial charge in [0.2, 0.25) is 0 Å². The largest absolute Gasteiger partial charge is 0.508 e. The van der Waals surface area contributed by atoms with Gasteiger partial charge in [0.15, 0.2) is 0 Å². The molecular formula is C15H17N3O3. The molecule has 0 bridgehead atoms. The van der Waals surface area contributed by atoms with Crippen LogP contribution in [-0.4, -0.2) is 16.2 Å². The number of primary amides is 1. The third-order valence-corrected chi connectivity index (χ3v) is 3.01. The number of nitrogens with two attached hydrogens (primary N) is 1. The van der Waals surface area contributed by atoms with Gasteiger partial charge in [-0.05, 0) is 49.4 Å². The number of hydrogen-bond donors (Lipinski definition) is 5. The predicted molar refractivity (Wildman–Crippen MR) is 81.5 cm³/mol. The van der Waals surface area contributed by atoms with Crippen molar-refractivity contribution in [3.63, 3.8) is 0 Å². The minimum atomic E-state index is -0.617. The molecule has 2 aromatic carbocycles. The third kappa shape index (κ3) is 3.79. The van der Waals surface area contributed by atoms with Crippen LogP contribution in [0.1, 0.15) is 18.5 Å². The molecule has 0 aromatic heterocycles. The standard InChI is InChI=1S/C15H17N3O3/c1-9(13-8-12(19)6-7-14(13)20)17-10-2-4-11(5-3-10)18-15(16)21/h2-9,17,19-20H,1H3,(H3,16,18,21). The lowest BCUT2D eigenvalue weighted by atomic mass is 10.1. The molecule has 0 aliphatic rings. The molecule has 0 saturated carbocycles. The fourth-order valence-corrected chi connectivity index (χ4v) is 2.01. The Hall–Kier alpha value is -2.89. The Morgan fingerprint density at radius 2 is 1.71 bits per heavy atom. The van der Waals surface area contributed by atoms with Gasteiger partial charge in [-0.15, -0.1) is 0 Å². The molecule has 0 spiro atoms. The van der Waals surface area contributed by atoms with Crippen molar-refractivity contribution < 1.29 is 15.0 Å². The zero-order valence-corrected chi connectivity index (χ0v) is 11.5. The van der Waals surface area contributed by atoms with Gasteiger partial charge in [0, 0.05) is 16.9 Å². The first kappa shape index (κ1) is 14.5. The average Bonchev–Trinajstić information content (AvgIpc) is 2.43. The zero-order chi connectivity index (χ0) is 15.4. The first-order valence-electron chi connectivity index (χ1n) is 6.40. The molecular weight excluding hydrogens is 270 g/mol. The molecule has 0 aliphatic carbocycles. The van der Waals surface area contributed by atoms with Crippen molar-refractivity contribution in [3.05, 3.63) is 48.0 Å². The fourth-order valence-electron chi connectivity index (χ4n) is 2.01. The highest BCUT2D eigenvalue weighted by Gasteiger charge is 2.11. The van der Waals surface area contributed by atoms with E-state index in [0.29, 0.717) is 11.3 Å². The van der Waals surface area contributed by atoms with E-state index in [4.69, 9.17) is 5.73 Å². The van der Waals surface area contributed by atoms with Crippen LogP contribution in [0.3, 0.4) is 0 Å². The number of anilines is 2. The molecule has 6 heteroatoms. The van der Waals surface area contributed by atoms with Crippen molar-refractivity contribution in [1.29, 1.82) is 0 Å². The van der Waals surface area contributed by atoms with Gasteiger partial charge < -0.3 is 26.6 Å². The Labute approximate surface area is 122 Å². The Balaban J connectivity index is 2.10. The average molecular weight is 287 g/mol. The van der Waals surface area contributed by atoms with Crippen molar-refractivity contribution in [2.45, 2.75) is 13.0 Å². The summed E-state index contributed by atoms with van der Waals surface area (Å²) in [5.41, 5.74) is 7.03. The summed E-state index contributed by atoms with van der Waals surface area (Å²) in [5.74, 6) is 0.206. The fraction of sp³-hybridized carbons (Fsp3) is 0.133. The van der Waals surface area contributed by atoms with Crippen LogP contribution >= 0.6 is 0 Å². The highest BCUT2D eigenvalue weighted by molar-refractivity contribution is 5.87. The van der Waals surface area contributed by atoms with Gasteiger partial charge in [-0.25, -0.2) is 4.79 Å². The summed E-state index contributed by atoms with van der Waals surface area (Å²) in [4.78, 5) is 10.7. The zero-order valence-electron chi connectivity index (χ0n) is 11.5. The Morgan fingerprint density at radius 3 is 2.33 bits per heavy atom. The number of phenols is 2. The normalized spacial score (nSPS) is 11.7. The van der Waals surface area contributed by atoms with Crippen molar-refractivity contribution in [2.24, 2.45) is 5.73 Å². The lowest BCUT2D eigenvalue weighted by Gasteiger charge is -2.17. The summed E-state index contributed by atoms with van der Waals surface area (Å²) in [6.07, 6.45) is 0. The van der Waals surface area contributed by atoms with Gasteiger partial charge in [-0.2, -0.15) is 0 Å². The molecule has 2 rings (SSSR count). The molecule has 0 radical (unpaired) electrons. The summed E-state index contributed by atoms with van der Waals surface area (Å²) >= 11 is 0. The number of rotatable bonds is 4. The molecule has 1 atom stereocenters. The smallest absolute Gasteiger partial charge is 0.316 e. The molecule has 0 saturated heterocycles. The molecule has 6 nitrogen and oxygen atoms in total. The van der Waals surface area contributed by atoms with Crippen LogP contribution in [-0.2, 0) is 0 Å². The van der Waals surface area contributed by atoms with E-state index in [-0.39, 0.29) is 17.5 Å². The first-order chi connectivity index (χ1) is 9.95. The number of amides is 2. The Morgan fingerprint density at radius 1 is 1.10 bits per heavy atom. The number of carbonyl (C=O) groups is 1. The number of urea groups is 1. The van der Waals surface area contributed by atoms with E-state index in [0.717, 1.165) is 5.69 Å². The summed E-state index contributed by atoms with van der Waals surface area (Å²) in [6, 6.07) is 10.5. The van der Waals surface area contributed by atoms with Crippen LogP contribution in [0.15, 0.2) is 42.5 Å². The van der Waals surface area contributed by atoms with Crippen LogP contribution in [0.2, 0.25) is 0 Å². The Kier molecular flexibility index (Phi) is 4.18. The van der Waals surface area contributed by atoms with Gasteiger partial charge in [-0.1, -0.05) is 0 Å². The second kappa shape index (κ2) is 6.04. The minimum Gasteiger partial charge on any atom is -0.508 e. The molecule has 1 unspecified atom stereocenters. The summed E-state index contributed by atoms with van der Waals surface area (Å²) < 4.78 is 0. The highest BCUT2D eigenvalue weighted by Crippen LogP contribution is 2.30. The second-order valence-corrected chi connectivity index (χ2v) is 4.68. The van der Waals surface area contributed by atoms with Crippen molar-refractivity contribution in [1.82, 2.24) is 0 Å². The van der Waals surface area contributed by atoms with E-state index in [2.05, 4.69) is 10.6 Å². The van der Waals surface area contributed by atoms with Crippen molar-refractivity contribution in [3.8, 4) is 11.5 Å². The van der Waals surface area contributed by atoms with Gasteiger partial charge in [0.25, 0.3) is 0 Å². The second-order valence-electron chi connectivity index (χ2n) is 4.68. The number of carbonyl (C=O) groups excluding carboxylic acids is 1. The van der Waals surface area contributed by atoms with Crippen LogP contribution < -0.4 is 16.4 Å². The van der Waals surface area contributed by atoms with Gasteiger partial charge in [0.05, 0.1) is 6.04 Å². The van der Waals surface area contributed by atoms with E-state index < -0.39 is 6.03 Å². The molecule has 6 N–H and O–H groups in total. The van der Waals surface area contributed by atoms with E-state index in [1.807, 2.05) is 6.92 Å². The van der Waals surface area contributed by atoms with Crippen LogP contribution in [0, 0.1) is 0 Å². The quantitative estimate of drug-likeness (QED) is 0.557. The monoisotopic (exact) mass is 287 g/mol. The topological polar surface area (TPSA) is 108 Å². The summed E-state index contributed by atoms with van der Waals surface area (Å²) in [5, 5.41) is 25.0. The predicted octanol–water partition coefficient (Wildman–Crippen LogP) is 2.76. The van der Waals surface area contributed by atoms with Crippen molar-refractivity contribution >= 4 is 17.4 Å². The number of nitrogens with one attached hydrogen (secondary N) is 2. The summed E-state index contributed by atoms with van der Waals surface area (Å²) in [7, 11) is 0. The highest BCUT2D eigenvalue weighted by atomic mass is 16.3. The maximum atomic E-state index is 10.7. The SMILES string of the molecule is CC(Nc1ccc(NC(N)=O)cc1)c1cc(O)ccc1O. The van der Waals surface area contributed by atoms with Crippen LogP contribution in [0.4, 0.5) is 16.2 Å². The molecule has 0 heterocycles. The lowest BCUT2D eigenvalue weighted by molar-refractivity contribution is 0.259. The van der Waals surface area contributed by atoms with Crippen molar-refractivity contribution in [2.75, 3.05) is 10.6 Å².